The van der Waals surface area contributed by atoms with Crippen molar-refractivity contribution in [2.45, 2.75) is 19.9 Å². The zero-order chi connectivity index (χ0) is 13.1. The third-order valence-electron chi connectivity index (χ3n) is 2.56. The zero-order valence-corrected chi connectivity index (χ0v) is 11.4. The number of ketones is 1. The highest BCUT2D eigenvalue weighted by Gasteiger charge is 2.18. The van der Waals surface area contributed by atoms with E-state index in [9.17, 15) is 4.79 Å². The van der Waals surface area contributed by atoms with Gasteiger partial charge in [-0.15, -0.1) is 0 Å². The Morgan fingerprint density at radius 2 is 2.17 bits per heavy atom. The Morgan fingerprint density at radius 3 is 2.89 bits per heavy atom. The van der Waals surface area contributed by atoms with Gasteiger partial charge in [-0.2, -0.15) is 0 Å². The molecule has 0 radical (unpaired) electrons. The highest BCUT2D eigenvalue weighted by atomic mass is 35.5. The second-order valence-electron chi connectivity index (χ2n) is 3.90. The van der Waals surface area contributed by atoms with Gasteiger partial charge in [0, 0.05) is 29.5 Å². The first-order valence-electron chi connectivity index (χ1n) is 5.64. The van der Waals surface area contributed by atoms with Crippen molar-refractivity contribution in [3.63, 3.8) is 0 Å². The van der Waals surface area contributed by atoms with E-state index in [1.54, 1.807) is 30.6 Å². The van der Waals surface area contributed by atoms with Gasteiger partial charge >= 0.3 is 0 Å². The minimum atomic E-state index is -0.207. The van der Waals surface area contributed by atoms with Gasteiger partial charge in [0.1, 0.15) is 0 Å². The van der Waals surface area contributed by atoms with Gasteiger partial charge in [-0.25, -0.2) is 4.98 Å². The highest BCUT2D eigenvalue weighted by Crippen LogP contribution is 2.23. The Morgan fingerprint density at radius 1 is 1.39 bits per heavy atom. The average Bonchev–Trinajstić information content (AvgIpc) is 2.80. The molecule has 2 aromatic rings. The smallest absolute Gasteiger partial charge is 0.229 e. The van der Waals surface area contributed by atoms with Crippen LogP contribution < -0.4 is 0 Å². The van der Waals surface area contributed by atoms with Crippen LogP contribution in [0.5, 0.6) is 0 Å². The lowest BCUT2D eigenvalue weighted by atomic mass is 10.1. The highest BCUT2D eigenvalue weighted by molar-refractivity contribution is 6.36. The molecular weight excluding hydrogens is 271 g/mol. The van der Waals surface area contributed by atoms with Gasteiger partial charge in [0.2, 0.25) is 5.78 Å². The van der Waals surface area contributed by atoms with Gasteiger partial charge in [-0.05, 0) is 24.6 Å². The molecular formula is C13H12Cl2N2O. The molecule has 0 atom stereocenters. The minimum Gasteiger partial charge on any atom is -0.328 e. The summed E-state index contributed by atoms with van der Waals surface area (Å²) in [5.41, 5.74) is 0.382. The molecule has 1 aromatic heterocycles. The molecule has 0 bridgehead atoms. The maximum absolute atomic E-state index is 12.3. The lowest BCUT2D eigenvalue weighted by molar-refractivity contribution is 0.102. The van der Waals surface area contributed by atoms with E-state index in [1.165, 1.54) is 0 Å². The summed E-state index contributed by atoms with van der Waals surface area (Å²) in [7, 11) is 0. The van der Waals surface area contributed by atoms with Crippen LogP contribution in [0.2, 0.25) is 10.0 Å². The SMILES string of the molecule is CCCn1ccnc1C(=O)c1cc(Cl)ccc1Cl. The standard InChI is InChI=1S/C13H12Cl2N2O/c1-2-6-17-7-5-16-13(17)12(18)10-8-9(14)3-4-11(10)15/h3-5,7-8H,2,6H2,1H3. The van der Waals surface area contributed by atoms with Crippen LogP contribution in [-0.4, -0.2) is 15.3 Å². The summed E-state index contributed by atoms with van der Waals surface area (Å²) >= 11 is 11.9. The normalized spacial score (nSPS) is 10.6. The monoisotopic (exact) mass is 282 g/mol. The Hall–Kier alpha value is -1.32. The molecule has 0 aliphatic heterocycles. The fourth-order valence-electron chi connectivity index (χ4n) is 1.73. The molecule has 0 aliphatic rings. The van der Waals surface area contributed by atoms with Gasteiger partial charge in [-0.1, -0.05) is 30.1 Å². The van der Waals surface area contributed by atoms with Gasteiger partial charge in [-0.3, -0.25) is 4.79 Å². The maximum Gasteiger partial charge on any atom is 0.229 e. The largest absolute Gasteiger partial charge is 0.328 e. The van der Waals surface area contributed by atoms with E-state index in [-0.39, 0.29) is 5.78 Å². The van der Waals surface area contributed by atoms with E-state index in [2.05, 4.69) is 4.98 Å². The fourth-order valence-corrected chi connectivity index (χ4v) is 2.11. The molecule has 0 saturated heterocycles. The van der Waals surface area contributed by atoms with Crippen molar-refractivity contribution in [3.8, 4) is 0 Å². The molecule has 3 nitrogen and oxygen atoms in total. The Labute approximate surface area is 115 Å². The molecule has 2 rings (SSSR count). The fraction of sp³-hybridized carbons (Fsp3) is 0.231. The molecule has 1 aromatic carbocycles. The molecule has 0 spiro atoms. The van der Waals surface area contributed by atoms with Crippen molar-refractivity contribution in [1.29, 1.82) is 0 Å². The molecule has 5 heteroatoms. The molecule has 94 valence electrons. The predicted molar refractivity (Wildman–Crippen MR) is 72.4 cm³/mol. The number of hydrogen-bond acceptors (Lipinski definition) is 2. The Kier molecular flexibility index (Phi) is 4.04. The molecule has 0 saturated carbocycles. The van der Waals surface area contributed by atoms with Gasteiger partial charge in [0.15, 0.2) is 5.82 Å². The number of carbonyl (C=O) groups excluding carboxylic acids is 1. The minimum absolute atomic E-state index is 0.207. The van der Waals surface area contributed by atoms with Gasteiger partial charge in [0.25, 0.3) is 0 Å². The third kappa shape index (κ3) is 2.57. The number of imidazole rings is 1. The van der Waals surface area contributed by atoms with Crippen LogP contribution >= 0.6 is 23.2 Å². The number of benzene rings is 1. The van der Waals surface area contributed by atoms with Crippen molar-refractivity contribution >= 4 is 29.0 Å². The summed E-state index contributed by atoms with van der Waals surface area (Å²) in [4.78, 5) is 16.4. The van der Waals surface area contributed by atoms with Crippen molar-refractivity contribution in [2.75, 3.05) is 0 Å². The third-order valence-corrected chi connectivity index (χ3v) is 3.12. The maximum atomic E-state index is 12.3. The van der Waals surface area contributed by atoms with E-state index in [0.29, 0.717) is 21.4 Å². The van der Waals surface area contributed by atoms with E-state index < -0.39 is 0 Å². The zero-order valence-electron chi connectivity index (χ0n) is 9.86. The van der Waals surface area contributed by atoms with Crippen molar-refractivity contribution in [3.05, 3.63) is 52.0 Å². The molecule has 0 unspecified atom stereocenters. The molecule has 1 heterocycles. The molecule has 18 heavy (non-hydrogen) atoms. The predicted octanol–water partition coefficient (Wildman–Crippen LogP) is 3.83. The Balaban J connectivity index is 2.41. The summed E-state index contributed by atoms with van der Waals surface area (Å²) < 4.78 is 1.82. The number of carbonyl (C=O) groups is 1. The summed E-state index contributed by atoms with van der Waals surface area (Å²) in [6.07, 6.45) is 4.33. The first-order valence-corrected chi connectivity index (χ1v) is 6.40. The van der Waals surface area contributed by atoms with E-state index in [0.717, 1.165) is 13.0 Å². The summed E-state index contributed by atoms with van der Waals surface area (Å²) in [5, 5.41) is 0.867. The van der Waals surface area contributed by atoms with Crippen molar-refractivity contribution < 1.29 is 4.79 Å². The summed E-state index contributed by atoms with van der Waals surface area (Å²) in [6.45, 7) is 2.79. The number of hydrogen-bond donors (Lipinski definition) is 0. The average molecular weight is 283 g/mol. The van der Waals surface area contributed by atoms with Crippen LogP contribution in [0.25, 0.3) is 0 Å². The van der Waals surface area contributed by atoms with Crippen molar-refractivity contribution in [1.82, 2.24) is 9.55 Å². The van der Waals surface area contributed by atoms with Crippen LogP contribution in [0.1, 0.15) is 29.5 Å². The molecule has 0 amide bonds. The van der Waals surface area contributed by atoms with Crippen LogP contribution in [0.4, 0.5) is 0 Å². The van der Waals surface area contributed by atoms with E-state index in [1.807, 2.05) is 11.5 Å². The van der Waals surface area contributed by atoms with Gasteiger partial charge in [0.05, 0.1) is 5.02 Å². The number of aryl methyl sites for hydroxylation is 1. The second kappa shape index (κ2) is 5.55. The Bertz CT molecular complexity index is 578. The lowest BCUT2D eigenvalue weighted by Crippen LogP contribution is -2.11. The lowest BCUT2D eigenvalue weighted by Gasteiger charge is -2.07. The van der Waals surface area contributed by atoms with Crippen LogP contribution in [0, 0.1) is 0 Å². The van der Waals surface area contributed by atoms with Crippen LogP contribution in [-0.2, 0) is 6.54 Å². The number of rotatable bonds is 4. The first kappa shape index (κ1) is 13.1. The van der Waals surface area contributed by atoms with Crippen molar-refractivity contribution in [2.24, 2.45) is 0 Å². The van der Waals surface area contributed by atoms with Crippen LogP contribution in [0.15, 0.2) is 30.6 Å². The number of halogens is 2. The first-order chi connectivity index (χ1) is 8.63. The number of nitrogens with zero attached hydrogens (tertiary/aromatic N) is 2. The summed E-state index contributed by atoms with van der Waals surface area (Å²) in [5.74, 6) is 0.182. The van der Waals surface area contributed by atoms with E-state index in [4.69, 9.17) is 23.2 Å². The quantitative estimate of drug-likeness (QED) is 0.799. The second-order valence-corrected chi connectivity index (χ2v) is 4.74. The molecule has 0 fully saturated rings. The topological polar surface area (TPSA) is 34.9 Å². The molecule has 0 aliphatic carbocycles. The molecule has 0 N–H and O–H groups in total. The number of aromatic nitrogens is 2. The summed E-state index contributed by atoms with van der Waals surface area (Å²) in [6, 6.07) is 4.83. The van der Waals surface area contributed by atoms with E-state index >= 15 is 0 Å². The van der Waals surface area contributed by atoms with Gasteiger partial charge < -0.3 is 4.57 Å². The van der Waals surface area contributed by atoms with Crippen LogP contribution in [0.3, 0.4) is 0 Å².